The molecule has 0 radical (unpaired) electrons. The van der Waals surface area contributed by atoms with E-state index >= 15 is 0 Å². The maximum absolute atomic E-state index is 5.57. The summed E-state index contributed by atoms with van der Waals surface area (Å²) in [7, 11) is 0. The molecule has 0 atom stereocenters. The van der Waals surface area contributed by atoms with E-state index in [1.54, 1.807) is 0 Å². The van der Waals surface area contributed by atoms with E-state index in [2.05, 4.69) is 31.2 Å². The fraction of sp³-hybridized carbons (Fsp3) is 0.700. The number of hydrogen-bond acceptors (Lipinski definition) is 6. The van der Waals surface area contributed by atoms with Gasteiger partial charge in [-0.25, -0.2) is 0 Å². The van der Waals surface area contributed by atoms with Crippen LogP contribution in [-0.4, -0.2) is 72.7 Å². The molecule has 0 aliphatic rings. The molecule has 0 saturated carbocycles. The highest BCUT2D eigenvalue weighted by Crippen LogP contribution is 2.04. The summed E-state index contributed by atoms with van der Waals surface area (Å²) in [5, 5.41) is 0. The number of hydrogen-bond donors (Lipinski definition) is 0. The van der Waals surface area contributed by atoms with E-state index in [1.165, 1.54) is 11.1 Å². The molecule has 6 heteroatoms. The second-order valence-electron chi connectivity index (χ2n) is 5.68. The normalized spacial score (nSPS) is 11.2. The number of ether oxygens (including phenoxy) is 6. The summed E-state index contributed by atoms with van der Waals surface area (Å²) in [5.41, 5.74) is 2.44. The summed E-state index contributed by atoms with van der Waals surface area (Å²) in [6.45, 7) is 11.2. The third-order valence-electron chi connectivity index (χ3n) is 3.45. The van der Waals surface area contributed by atoms with E-state index in [0.29, 0.717) is 72.7 Å². The molecule has 0 fully saturated rings. The third-order valence-corrected chi connectivity index (χ3v) is 3.45. The lowest BCUT2D eigenvalue weighted by atomic mass is 10.2. The standard InChI is InChI=1S/C20H34O6/c1-3-21-8-9-22-10-11-23-12-13-24-14-15-25-16-17-26-18-20-6-4-19(2)5-7-20/h4-7H,3,8-18H2,1-2H3. The maximum Gasteiger partial charge on any atom is 0.0718 e. The number of benzene rings is 1. The first-order chi connectivity index (χ1) is 12.8. The Hall–Kier alpha value is -1.02. The van der Waals surface area contributed by atoms with Crippen LogP contribution in [0.1, 0.15) is 18.1 Å². The zero-order chi connectivity index (χ0) is 18.7. The summed E-state index contributed by atoms with van der Waals surface area (Å²) in [4.78, 5) is 0. The van der Waals surface area contributed by atoms with E-state index in [-0.39, 0.29) is 0 Å². The van der Waals surface area contributed by atoms with E-state index in [0.717, 1.165) is 6.61 Å². The van der Waals surface area contributed by atoms with Crippen LogP contribution in [0.3, 0.4) is 0 Å². The molecule has 6 nitrogen and oxygen atoms in total. The van der Waals surface area contributed by atoms with Crippen molar-refractivity contribution in [3.8, 4) is 0 Å². The lowest BCUT2D eigenvalue weighted by Gasteiger charge is -2.08. The van der Waals surface area contributed by atoms with Gasteiger partial charge in [0.05, 0.1) is 72.7 Å². The molecule has 0 aromatic heterocycles. The molecule has 0 bridgehead atoms. The molecule has 1 rings (SSSR count). The molecule has 26 heavy (non-hydrogen) atoms. The topological polar surface area (TPSA) is 55.4 Å². The predicted molar refractivity (Wildman–Crippen MR) is 101 cm³/mol. The van der Waals surface area contributed by atoms with Gasteiger partial charge in [0.2, 0.25) is 0 Å². The van der Waals surface area contributed by atoms with Crippen LogP contribution in [0, 0.1) is 6.92 Å². The van der Waals surface area contributed by atoms with Crippen LogP contribution in [-0.2, 0) is 35.0 Å². The Bertz CT molecular complexity index is 409. The first-order valence-electron chi connectivity index (χ1n) is 9.35. The third kappa shape index (κ3) is 14.2. The van der Waals surface area contributed by atoms with Crippen molar-refractivity contribution in [2.45, 2.75) is 20.5 Å². The Balaban J connectivity index is 1.72. The maximum atomic E-state index is 5.57. The molecule has 0 unspecified atom stereocenters. The van der Waals surface area contributed by atoms with Crippen molar-refractivity contribution in [1.82, 2.24) is 0 Å². The van der Waals surface area contributed by atoms with Gasteiger partial charge in [0.25, 0.3) is 0 Å². The Morgan fingerprint density at radius 3 is 1.35 bits per heavy atom. The largest absolute Gasteiger partial charge is 0.379 e. The molecule has 0 heterocycles. The molecule has 1 aromatic carbocycles. The molecule has 0 aliphatic heterocycles. The Morgan fingerprint density at radius 1 is 0.538 bits per heavy atom. The van der Waals surface area contributed by atoms with Crippen LogP contribution in [0.15, 0.2) is 24.3 Å². The summed E-state index contributed by atoms with van der Waals surface area (Å²) in [6, 6.07) is 8.34. The zero-order valence-electron chi connectivity index (χ0n) is 16.2. The Kier molecular flexibility index (Phi) is 15.4. The molecule has 1 aromatic rings. The minimum absolute atomic E-state index is 0.562. The molecule has 0 spiro atoms. The molecular formula is C20H34O6. The van der Waals surface area contributed by atoms with Gasteiger partial charge in [-0.05, 0) is 19.4 Å². The monoisotopic (exact) mass is 370 g/mol. The number of rotatable bonds is 18. The lowest BCUT2D eigenvalue weighted by molar-refractivity contribution is -0.0172. The van der Waals surface area contributed by atoms with Gasteiger partial charge in [0, 0.05) is 6.61 Å². The van der Waals surface area contributed by atoms with Crippen molar-refractivity contribution in [2.75, 3.05) is 72.7 Å². The van der Waals surface area contributed by atoms with Crippen molar-refractivity contribution >= 4 is 0 Å². The molecule has 150 valence electrons. The van der Waals surface area contributed by atoms with Gasteiger partial charge in [-0.2, -0.15) is 0 Å². The highest BCUT2D eigenvalue weighted by Gasteiger charge is 1.95. The fourth-order valence-electron chi connectivity index (χ4n) is 2.02. The van der Waals surface area contributed by atoms with Crippen LogP contribution in [0.2, 0.25) is 0 Å². The smallest absolute Gasteiger partial charge is 0.0718 e. The van der Waals surface area contributed by atoms with Gasteiger partial charge in [-0.3, -0.25) is 0 Å². The predicted octanol–water partition coefficient (Wildman–Crippen LogP) is 2.61. The van der Waals surface area contributed by atoms with Gasteiger partial charge >= 0.3 is 0 Å². The Morgan fingerprint density at radius 2 is 0.923 bits per heavy atom. The summed E-state index contributed by atoms with van der Waals surface area (Å²) in [5.74, 6) is 0. The second kappa shape index (κ2) is 17.4. The van der Waals surface area contributed by atoms with Crippen molar-refractivity contribution in [2.24, 2.45) is 0 Å². The van der Waals surface area contributed by atoms with Crippen LogP contribution in [0.4, 0.5) is 0 Å². The van der Waals surface area contributed by atoms with Gasteiger partial charge in [-0.1, -0.05) is 29.8 Å². The van der Waals surface area contributed by atoms with Crippen molar-refractivity contribution in [1.29, 1.82) is 0 Å². The minimum Gasteiger partial charge on any atom is -0.379 e. The van der Waals surface area contributed by atoms with Crippen molar-refractivity contribution in [3.63, 3.8) is 0 Å². The van der Waals surface area contributed by atoms with Gasteiger partial charge in [0.15, 0.2) is 0 Å². The summed E-state index contributed by atoms with van der Waals surface area (Å²) in [6.07, 6.45) is 0. The SMILES string of the molecule is CCOCCOCCOCCOCCOCCOCc1ccc(C)cc1. The minimum atomic E-state index is 0.562. The first kappa shape index (κ1) is 23.0. The molecule has 0 aliphatic carbocycles. The van der Waals surface area contributed by atoms with E-state index in [4.69, 9.17) is 28.4 Å². The highest BCUT2D eigenvalue weighted by molar-refractivity contribution is 5.20. The van der Waals surface area contributed by atoms with E-state index in [9.17, 15) is 0 Å². The van der Waals surface area contributed by atoms with Crippen LogP contribution < -0.4 is 0 Å². The lowest BCUT2D eigenvalue weighted by Crippen LogP contribution is -2.14. The van der Waals surface area contributed by atoms with Crippen LogP contribution >= 0.6 is 0 Å². The molecule has 0 amide bonds. The van der Waals surface area contributed by atoms with Crippen molar-refractivity contribution in [3.05, 3.63) is 35.4 Å². The van der Waals surface area contributed by atoms with Crippen molar-refractivity contribution < 1.29 is 28.4 Å². The van der Waals surface area contributed by atoms with Crippen LogP contribution in [0.5, 0.6) is 0 Å². The molecular weight excluding hydrogens is 336 g/mol. The highest BCUT2D eigenvalue weighted by atomic mass is 16.6. The van der Waals surface area contributed by atoms with E-state index in [1.807, 2.05) is 6.92 Å². The zero-order valence-corrected chi connectivity index (χ0v) is 16.2. The quantitative estimate of drug-likeness (QED) is 0.370. The Labute approximate surface area is 157 Å². The van der Waals surface area contributed by atoms with Gasteiger partial charge < -0.3 is 28.4 Å². The molecule has 0 saturated heterocycles. The first-order valence-corrected chi connectivity index (χ1v) is 9.35. The van der Waals surface area contributed by atoms with Gasteiger partial charge in [-0.15, -0.1) is 0 Å². The second-order valence-corrected chi connectivity index (χ2v) is 5.68. The van der Waals surface area contributed by atoms with Crippen LogP contribution in [0.25, 0.3) is 0 Å². The van der Waals surface area contributed by atoms with E-state index < -0.39 is 0 Å². The van der Waals surface area contributed by atoms with Gasteiger partial charge in [0.1, 0.15) is 0 Å². The fourth-order valence-corrected chi connectivity index (χ4v) is 2.02. The summed E-state index contributed by atoms with van der Waals surface area (Å²) >= 11 is 0. The number of aryl methyl sites for hydroxylation is 1. The molecule has 0 N–H and O–H groups in total. The average Bonchev–Trinajstić information content (AvgIpc) is 2.66. The summed E-state index contributed by atoms with van der Waals surface area (Å²) < 4.78 is 32.4. The average molecular weight is 370 g/mol.